The first-order chi connectivity index (χ1) is 16.6. The Labute approximate surface area is 198 Å². The SMILES string of the molecule is CCOCCn1c(=NC(=O)c2cc3c(ccc4ccccc43)oc2=O)sc2cccc(OC)c21. The summed E-state index contributed by atoms with van der Waals surface area (Å²) in [5.74, 6) is 0.0232. The number of amides is 1. The smallest absolute Gasteiger partial charge is 0.349 e. The zero-order valence-corrected chi connectivity index (χ0v) is 19.6. The van der Waals surface area contributed by atoms with Gasteiger partial charge in [-0.1, -0.05) is 47.7 Å². The van der Waals surface area contributed by atoms with E-state index in [0.29, 0.717) is 41.3 Å². The third-order valence-electron chi connectivity index (χ3n) is 5.62. The third kappa shape index (κ3) is 3.91. The Morgan fingerprint density at radius 2 is 1.94 bits per heavy atom. The zero-order chi connectivity index (χ0) is 23.7. The number of benzene rings is 3. The van der Waals surface area contributed by atoms with E-state index in [2.05, 4.69) is 4.99 Å². The summed E-state index contributed by atoms with van der Waals surface area (Å²) >= 11 is 1.35. The van der Waals surface area contributed by atoms with E-state index >= 15 is 0 Å². The van der Waals surface area contributed by atoms with Crippen LogP contribution < -0.4 is 15.2 Å². The number of thiazole rings is 1. The zero-order valence-electron chi connectivity index (χ0n) is 18.7. The summed E-state index contributed by atoms with van der Waals surface area (Å²) in [5, 5.41) is 2.58. The summed E-state index contributed by atoms with van der Waals surface area (Å²) in [6, 6.07) is 18.6. The maximum Gasteiger partial charge on any atom is 0.349 e. The second kappa shape index (κ2) is 9.24. The van der Waals surface area contributed by atoms with Crippen molar-refractivity contribution in [3.63, 3.8) is 0 Å². The lowest BCUT2D eigenvalue weighted by molar-refractivity contribution is 0.0993. The van der Waals surface area contributed by atoms with Crippen LogP contribution in [0.1, 0.15) is 17.3 Å². The molecule has 0 atom stereocenters. The molecule has 0 saturated carbocycles. The minimum absolute atomic E-state index is 0.107. The number of aromatic nitrogens is 1. The van der Waals surface area contributed by atoms with Crippen LogP contribution in [0.5, 0.6) is 5.75 Å². The van der Waals surface area contributed by atoms with E-state index < -0.39 is 11.5 Å². The number of carbonyl (C=O) groups excluding carboxylic acids is 1. The van der Waals surface area contributed by atoms with E-state index in [-0.39, 0.29) is 5.56 Å². The van der Waals surface area contributed by atoms with Gasteiger partial charge in [-0.2, -0.15) is 4.99 Å². The molecule has 0 aliphatic carbocycles. The van der Waals surface area contributed by atoms with Gasteiger partial charge in [-0.15, -0.1) is 0 Å². The summed E-state index contributed by atoms with van der Waals surface area (Å²) in [6.07, 6.45) is 0. The van der Waals surface area contributed by atoms with Crippen molar-refractivity contribution in [3.05, 3.63) is 81.4 Å². The average molecular weight is 475 g/mol. The monoisotopic (exact) mass is 474 g/mol. The van der Waals surface area contributed by atoms with Gasteiger partial charge in [-0.05, 0) is 42.0 Å². The second-order valence-electron chi connectivity index (χ2n) is 7.60. The molecule has 0 spiro atoms. The van der Waals surface area contributed by atoms with Crippen LogP contribution in [0.15, 0.2) is 74.9 Å². The Bertz CT molecular complexity index is 1660. The molecule has 5 rings (SSSR count). The molecular weight excluding hydrogens is 452 g/mol. The van der Waals surface area contributed by atoms with Gasteiger partial charge >= 0.3 is 5.63 Å². The first-order valence-electron chi connectivity index (χ1n) is 10.9. The quantitative estimate of drug-likeness (QED) is 0.202. The van der Waals surface area contributed by atoms with Crippen molar-refractivity contribution < 1.29 is 18.7 Å². The van der Waals surface area contributed by atoms with Gasteiger partial charge in [0, 0.05) is 18.5 Å². The van der Waals surface area contributed by atoms with Gasteiger partial charge in [0.05, 0.1) is 18.4 Å². The predicted molar refractivity (Wildman–Crippen MR) is 133 cm³/mol. The number of para-hydroxylation sites is 1. The molecule has 2 heterocycles. The van der Waals surface area contributed by atoms with Gasteiger partial charge in [0.25, 0.3) is 5.91 Å². The van der Waals surface area contributed by atoms with Crippen molar-refractivity contribution in [1.29, 1.82) is 0 Å². The number of carbonyl (C=O) groups is 1. The molecule has 1 amide bonds. The van der Waals surface area contributed by atoms with Crippen molar-refractivity contribution in [1.82, 2.24) is 4.57 Å². The maximum absolute atomic E-state index is 13.2. The molecule has 0 aliphatic heterocycles. The normalized spacial score (nSPS) is 12.1. The van der Waals surface area contributed by atoms with Gasteiger partial charge in [-0.25, -0.2) is 4.79 Å². The van der Waals surface area contributed by atoms with Crippen molar-refractivity contribution in [2.24, 2.45) is 4.99 Å². The number of nitrogens with zero attached hydrogens (tertiary/aromatic N) is 2. The van der Waals surface area contributed by atoms with Crippen LogP contribution in [0.2, 0.25) is 0 Å². The summed E-state index contributed by atoms with van der Waals surface area (Å²) < 4.78 is 19.4. The first-order valence-corrected chi connectivity index (χ1v) is 11.7. The Morgan fingerprint density at radius 1 is 1.09 bits per heavy atom. The molecule has 0 unspecified atom stereocenters. The predicted octanol–water partition coefficient (Wildman–Crippen LogP) is 4.75. The fourth-order valence-corrected chi connectivity index (χ4v) is 5.10. The molecule has 7 nitrogen and oxygen atoms in total. The molecule has 3 aromatic carbocycles. The highest BCUT2D eigenvalue weighted by Gasteiger charge is 2.17. The average Bonchev–Trinajstić information content (AvgIpc) is 3.20. The topological polar surface area (TPSA) is 83.0 Å². The maximum atomic E-state index is 13.2. The van der Waals surface area contributed by atoms with Gasteiger partial charge in [0.15, 0.2) is 4.80 Å². The Kier molecular flexibility index (Phi) is 6.00. The lowest BCUT2D eigenvalue weighted by atomic mass is 10.0. The van der Waals surface area contributed by atoms with Gasteiger partial charge < -0.3 is 18.5 Å². The molecule has 5 aromatic rings. The number of rotatable bonds is 6. The standard InChI is InChI=1S/C26H22N2O5S/c1-3-32-14-13-28-23-21(31-2)9-6-10-22(23)34-26(28)27-24(29)19-15-18-17-8-5-4-7-16(17)11-12-20(18)33-25(19)30/h4-12,15H,3,13-14H2,1-2H3. The number of hydrogen-bond acceptors (Lipinski definition) is 6. The van der Waals surface area contributed by atoms with Crippen LogP contribution in [0, 0.1) is 0 Å². The Hall–Kier alpha value is -3.75. The summed E-state index contributed by atoms with van der Waals surface area (Å²) in [6.45, 7) is 3.44. The van der Waals surface area contributed by atoms with Crippen LogP contribution >= 0.6 is 11.3 Å². The van der Waals surface area contributed by atoms with Crippen LogP contribution in [0.3, 0.4) is 0 Å². The van der Waals surface area contributed by atoms with Gasteiger partial charge in [0.2, 0.25) is 0 Å². The minimum Gasteiger partial charge on any atom is -0.495 e. The molecular formula is C26H22N2O5S. The van der Waals surface area contributed by atoms with E-state index in [0.717, 1.165) is 21.0 Å². The Balaban J connectivity index is 1.68. The lowest BCUT2D eigenvalue weighted by Gasteiger charge is -2.08. The van der Waals surface area contributed by atoms with Crippen molar-refractivity contribution >= 4 is 49.2 Å². The van der Waals surface area contributed by atoms with Crippen LogP contribution in [-0.4, -0.2) is 30.8 Å². The largest absolute Gasteiger partial charge is 0.495 e. The highest BCUT2D eigenvalue weighted by molar-refractivity contribution is 7.16. The molecule has 34 heavy (non-hydrogen) atoms. The molecule has 0 fully saturated rings. The van der Waals surface area contributed by atoms with Crippen molar-refractivity contribution in [2.75, 3.05) is 20.3 Å². The summed E-state index contributed by atoms with van der Waals surface area (Å²) in [4.78, 5) is 30.7. The summed E-state index contributed by atoms with van der Waals surface area (Å²) in [5.41, 5.74) is 0.442. The number of hydrogen-bond donors (Lipinski definition) is 0. The lowest BCUT2D eigenvalue weighted by Crippen LogP contribution is -2.21. The summed E-state index contributed by atoms with van der Waals surface area (Å²) in [7, 11) is 1.60. The highest BCUT2D eigenvalue weighted by atomic mass is 32.1. The fourth-order valence-electron chi connectivity index (χ4n) is 4.02. The van der Waals surface area contributed by atoms with E-state index in [1.165, 1.54) is 11.3 Å². The fraction of sp³-hybridized carbons (Fsp3) is 0.192. The first kappa shape index (κ1) is 22.1. The number of methoxy groups -OCH3 is 1. The molecule has 0 saturated heterocycles. The molecule has 8 heteroatoms. The number of ether oxygens (including phenoxy) is 2. The van der Waals surface area contributed by atoms with Crippen molar-refractivity contribution in [2.45, 2.75) is 13.5 Å². The number of fused-ring (bicyclic) bond motifs is 4. The molecule has 0 radical (unpaired) electrons. The third-order valence-corrected chi connectivity index (χ3v) is 6.66. The highest BCUT2D eigenvalue weighted by Crippen LogP contribution is 2.28. The Morgan fingerprint density at radius 3 is 2.76 bits per heavy atom. The van der Waals surface area contributed by atoms with Crippen LogP contribution in [0.4, 0.5) is 0 Å². The van der Waals surface area contributed by atoms with Gasteiger partial charge in [-0.3, -0.25) is 4.79 Å². The van der Waals surface area contributed by atoms with Crippen LogP contribution in [0.25, 0.3) is 32.0 Å². The molecule has 172 valence electrons. The van der Waals surface area contributed by atoms with E-state index in [1.54, 1.807) is 19.2 Å². The van der Waals surface area contributed by atoms with Crippen molar-refractivity contribution in [3.8, 4) is 5.75 Å². The van der Waals surface area contributed by atoms with E-state index in [1.807, 2.05) is 60.0 Å². The minimum atomic E-state index is -0.712. The van der Waals surface area contributed by atoms with Gasteiger partial charge in [0.1, 0.15) is 22.4 Å². The van der Waals surface area contributed by atoms with E-state index in [9.17, 15) is 9.59 Å². The van der Waals surface area contributed by atoms with Crippen LogP contribution in [-0.2, 0) is 11.3 Å². The molecule has 0 aliphatic rings. The molecule has 0 N–H and O–H groups in total. The molecule has 0 bridgehead atoms. The molecule has 2 aromatic heterocycles. The van der Waals surface area contributed by atoms with E-state index in [4.69, 9.17) is 13.9 Å². The second-order valence-corrected chi connectivity index (χ2v) is 8.61.